The molecule has 0 unspecified atom stereocenters. The number of aromatic amines is 1. The van der Waals surface area contributed by atoms with Crippen molar-refractivity contribution in [2.75, 3.05) is 18.0 Å². The highest BCUT2D eigenvalue weighted by Crippen LogP contribution is 2.52. The van der Waals surface area contributed by atoms with Gasteiger partial charge in [-0.1, -0.05) is 30.3 Å². The van der Waals surface area contributed by atoms with Crippen molar-refractivity contribution >= 4 is 5.95 Å². The van der Waals surface area contributed by atoms with Gasteiger partial charge in [0.25, 0.3) is 0 Å². The molecule has 4 rings (SSSR count). The fourth-order valence-corrected chi connectivity index (χ4v) is 3.25. The van der Waals surface area contributed by atoms with Gasteiger partial charge in [0.15, 0.2) is 0 Å². The minimum Gasteiger partial charge on any atom is -0.339 e. The zero-order valence-corrected chi connectivity index (χ0v) is 12.1. The number of rotatable bonds is 3. The highest BCUT2D eigenvalue weighted by atomic mass is 15.4. The highest BCUT2D eigenvalue weighted by molar-refractivity contribution is 5.41. The third-order valence-corrected chi connectivity index (χ3v) is 4.83. The zero-order valence-electron chi connectivity index (χ0n) is 12.1. The molecule has 0 bridgehead atoms. The van der Waals surface area contributed by atoms with Gasteiger partial charge in [-0.15, -0.1) is 5.10 Å². The molecule has 5 nitrogen and oxygen atoms in total. The van der Waals surface area contributed by atoms with Gasteiger partial charge in [0.05, 0.1) is 5.41 Å². The summed E-state index contributed by atoms with van der Waals surface area (Å²) in [7, 11) is 0. The summed E-state index contributed by atoms with van der Waals surface area (Å²) in [6.07, 6.45) is 4.34. The average Bonchev–Trinajstić information content (AvgIpc) is 3.20. The Hall–Kier alpha value is -1.88. The Morgan fingerprint density at radius 3 is 2.52 bits per heavy atom. The SMILES string of the molecule is NC1CCN(c2n[nH]c(C3(c4ccccc4)CC3)n2)CC1. The van der Waals surface area contributed by atoms with Crippen LogP contribution in [0.5, 0.6) is 0 Å². The van der Waals surface area contributed by atoms with E-state index in [1.165, 1.54) is 5.56 Å². The first-order chi connectivity index (χ1) is 10.3. The Morgan fingerprint density at radius 2 is 1.86 bits per heavy atom. The number of H-pyrrole nitrogens is 1. The lowest BCUT2D eigenvalue weighted by Gasteiger charge is -2.29. The van der Waals surface area contributed by atoms with E-state index in [1.807, 2.05) is 0 Å². The molecule has 2 aromatic rings. The summed E-state index contributed by atoms with van der Waals surface area (Å²) in [6, 6.07) is 11.0. The number of piperidine rings is 1. The molecule has 0 radical (unpaired) electrons. The fraction of sp³-hybridized carbons (Fsp3) is 0.500. The van der Waals surface area contributed by atoms with Gasteiger partial charge < -0.3 is 10.6 Å². The van der Waals surface area contributed by atoms with Crippen molar-refractivity contribution in [3.8, 4) is 0 Å². The molecule has 2 aliphatic rings. The quantitative estimate of drug-likeness (QED) is 0.901. The van der Waals surface area contributed by atoms with Crippen LogP contribution in [-0.4, -0.2) is 34.3 Å². The molecule has 1 saturated carbocycles. The Balaban J connectivity index is 1.58. The van der Waals surface area contributed by atoms with Crippen molar-refractivity contribution in [2.24, 2.45) is 5.73 Å². The number of benzene rings is 1. The summed E-state index contributed by atoms with van der Waals surface area (Å²) in [4.78, 5) is 7.03. The maximum atomic E-state index is 5.96. The van der Waals surface area contributed by atoms with Crippen molar-refractivity contribution in [1.82, 2.24) is 15.2 Å². The van der Waals surface area contributed by atoms with E-state index in [0.29, 0.717) is 6.04 Å². The maximum absolute atomic E-state index is 5.96. The van der Waals surface area contributed by atoms with Crippen LogP contribution in [-0.2, 0) is 5.41 Å². The van der Waals surface area contributed by atoms with Crippen LogP contribution in [0.15, 0.2) is 30.3 Å². The Kier molecular flexibility index (Phi) is 2.96. The number of hydrogen-bond acceptors (Lipinski definition) is 4. The molecular formula is C16H21N5. The zero-order chi connectivity index (χ0) is 14.3. The van der Waals surface area contributed by atoms with E-state index in [2.05, 4.69) is 45.4 Å². The van der Waals surface area contributed by atoms with E-state index in [4.69, 9.17) is 10.7 Å². The molecule has 1 aliphatic heterocycles. The van der Waals surface area contributed by atoms with E-state index in [9.17, 15) is 0 Å². The second-order valence-electron chi connectivity index (χ2n) is 6.26. The van der Waals surface area contributed by atoms with Gasteiger partial charge in [0.2, 0.25) is 5.95 Å². The minimum absolute atomic E-state index is 0.0682. The second-order valence-corrected chi connectivity index (χ2v) is 6.26. The lowest BCUT2D eigenvalue weighted by molar-refractivity contribution is 0.496. The monoisotopic (exact) mass is 283 g/mol. The summed E-state index contributed by atoms with van der Waals surface area (Å²) in [6.45, 7) is 1.91. The number of anilines is 1. The first-order valence-electron chi connectivity index (χ1n) is 7.77. The smallest absolute Gasteiger partial charge is 0.244 e. The van der Waals surface area contributed by atoms with Gasteiger partial charge in [-0.2, -0.15) is 4.98 Å². The van der Waals surface area contributed by atoms with Crippen LogP contribution in [0.2, 0.25) is 0 Å². The van der Waals surface area contributed by atoms with Crippen LogP contribution in [0, 0.1) is 0 Å². The Bertz CT molecular complexity index is 609. The third-order valence-electron chi connectivity index (χ3n) is 4.83. The molecule has 3 N–H and O–H groups in total. The van der Waals surface area contributed by atoms with Crippen molar-refractivity contribution in [3.63, 3.8) is 0 Å². The summed E-state index contributed by atoms with van der Waals surface area (Å²) in [5.74, 6) is 1.85. The fourth-order valence-electron chi connectivity index (χ4n) is 3.25. The number of nitrogens with zero attached hydrogens (tertiary/aromatic N) is 3. The second kappa shape index (κ2) is 4.84. The molecule has 1 aromatic carbocycles. The van der Waals surface area contributed by atoms with Crippen LogP contribution in [0.4, 0.5) is 5.95 Å². The van der Waals surface area contributed by atoms with E-state index in [-0.39, 0.29) is 5.41 Å². The summed E-state index contributed by atoms with van der Waals surface area (Å²) in [5.41, 5.74) is 7.37. The van der Waals surface area contributed by atoms with E-state index >= 15 is 0 Å². The maximum Gasteiger partial charge on any atom is 0.244 e. The molecule has 5 heteroatoms. The van der Waals surface area contributed by atoms with Crippen molar-refractivity contribution in [1.29, 1.82) is 0 Å². The van der Waals surface area contributed by atoms with Crippen molar-refractivity contribution in [3.05, 3.63) is 41.7 Å². The first kappa shape index (κ1) is 12.8. The van der Waals surface area contributed by atoms with E-state index < -0.39 is 0 Å². The predicted molar refractivity (Wildman–Crippen MR) is 82.3 cm³/mol. The van der Waals surface area contributed by atoms with Crippen LogP contribution in [0.25, 0.3) is 0 Å². The van der Waals surface area contributed by atoms with Crippen LogP contribution in [0.3, 0.4) is 0 Å². The van der Waals surface area contributed by atoms with Gasteiger partial charge >= 0.3 is 0 Å². The summed E-state index contributed by atoms with van der Waals surface area (Å²) < 4.78 is 0. The lowest BCUT2D eigenvalue weighted by Crippen LogP contribution is -2.40. The molecule has 0 atom stereocenters. The van der Waals surface area contributed by atoms with E-state index in [1.54, 1.807) is 0 Å². The number of nitrogens with one attached hydrogen (secondary N) is 1. The van der Waals surface area contributed by atoms with Gasteiger partial charge in [0, 0.05) is 19.1 Å². The highest BCUT2D eigenvalue weighted by Gasteiger charge is 2.49. The standard InChI is InChI=1S/C16H21N5/c17-13-6-10-21(11-7-13)15-18-14(19-20-15)16(8-9-16)12-4-2-1-3-5-12/h1-5,13H,6-11,17H2,(H,18,19,20). The molecule has 2 fully saturated rings. The van der Waals surface area contributed by atoms with Crippen LogP contribution < -0.4 is 10.6 Å². The normalized spacial score (nSPS) is 21.5. The topological polar surface area (TPSA) is 70.8 Å². The molecule has 1 aromatic heterocycles. The number of nitrogens with two attached hydrogens (primary N) is 1. The van der Waals surface area contributed by atoms with Crippen LogP contribution in [0.1, 0.15) is 37.1 Å². The van der Waals surface area contributed by atoms with Gasteiger partial charge in [-0.05, 0) is 31.2 Å². The van der Waals surface area contributed by atoms with E-state index in [0.717, 1.165) is 50.5 Å². The predicted octanol–water partition coefficient (Wildman–Crippen LogP) is 1.81. The molecule has 1 aliphatic carbocycles. The average molecular weight is 283 g/mol. The first-order valence-corrected chi connectivity index (χ1v) is 7.77. The number of hydrogen-bond donors (Lipinski definition) is 2. The van der Waals surface area contributed by atoms with Gasteiger partial charge in [-0.3, -0.25) is 5.10 Å². The largest absolute Gasteiger partial charge is 0.339 e. The van der Waals surface area contributed by atoms with Gasteiger partial charge in [-0.25, -0.2) is 0 Å². The van der Waals surface area contributed by atoms with Crippen molar-refractivity contribution < 1.29 is 0 Å². The Morgan fingerprint density at radius 1 is 1.14 bits per heavy atom. The molecule has 110 valence electrons. The molecule has 2 heterocycles. The number of aromatic nitrogens is 3. The van der Waals surface area contributed by atoms with Crippen LogP contribution >= 0.6 is 0 Å². The molecule has 0 spiro atoms. The Labute approximate surface area is 124 Å². The lowest BCUT2D eigenvalue weighted by atomic mass is 9.95. The minimum atomic E-state index is 0.0682. The molecular weight excluding hydrogens is 262 g/mol. The molecule has 21 heavy (non-hydrogen) atoms. The molecule has 1 saturated heterocycles. The summed E-state index contributed by atoms with van der Waals surface area (Å²) >= 11 is 0. The third kappa shape index (κ3) is 2.21. The van der Waals surface area contributed by atoms with Gasteiger partial charge in [0.1, 0.15) is 5.82 Å². The van der Waals surface area contributed by atoms with Crippen molar-refractivity contribution in [2.45, 2.75) is 37.1 Å². The molecule has 0 amide bonds. The summed E-state index contributed by atoms with van der Waals surface area (Å²) in [5, 5.41) is 7.63.